The molecule has 3 heterocycles. The molecule has 0 atom stereocenters. The van der Waals surface area contributed by atoms with Crippen molar-refractivity contribution in [3.63, 3.8) is 0 Å². The van der Waals surface area contributed by atoms with E-state index in [9.17, 15) is 26.4 Å². The Morgan fingerprint density at radius 2 is 1.97 bits per heavy atom. The normalized spacial score (nSPS) is 13.3. The number of halogens is 3. The van der Waals surface area contributed by atoms with Crippen LogP contribution in [0.15, 0.2) is 36.7 Å². The maximum Gasteiger partial charge on any atom is 0.421 e. The van der Waals surface area contributed by atoms with E-state index in [0.717, 1.165) is 5.56 Å². The maximum atomic E-state index is 13.6. The van der Waals surface area contributed by atoms with Gasteiger partial charge in [0.05, 0.1) is 12.2 Å². The number of alkyl halides is 3. The Bertz CT molecular complexity index is 1410. The average molecular weight is 507 g/mol. The molecule has 0 spiro atoms. The fourth-order valence-electron chi connectivity index (χ4n) is 3.64. The van der Waals surface area contributed by atoms with Crippen LogP contribution in [0.1, 0.15) is 27.9 Å². The zero-order chi connectivity index (χ0) is 25.4. The van der Waals surface area contributed by atoms with Crippen molar-refractivity contribution < 1.29 is 26.4 Å². The summed E-state index contributed by atoms with van der Waals surface area (Å²) in [6, 6.07) is 6.43. The number of nitrogens with zero attached hydrogens (tertiary/aromatic N) is 3. The van der Waals surface area contributed by atoms with Crippen molar-refractivity contribution in [2.75, 3.05) is 16.0 Å². The van der Waals surface area contributed by atoms with Gasteiger partial charge in [-0.2, -0.15) is 18.2 Å². The molecule has 1 amide bonds. The number of benzene rings is 1. The quantitative estimate of drug-likeness (QED) is 0.381. The summed E-state index contributed by atoms with van der Waals surface area (Å²) in [6.07, 6.45) is -2.50. The molecule has 5 N–H and O–H groups in total. The monoisotopic (exact) mass is 507 g/mol. The van der Waals surface area contributed by atoms with E-state index in [-0.39, 0.29) is 24.8 Å². The van der Waals surface area contributed by atoms with Crippen molar-refractivity contribution >= 4 is 39.1 Å². The van der Waals surface area contributed by atoms with Gasteiger partial charge in [0.2, 0.25) is 21.9 Å². The molecule has 0 aliphatic carbocycles. The van der Waals surface area contributed by atoms with Gasteiger partial charge in [-0.1, -0.05) is 0 Å². The highest BCUT2D eigenvalue weighted by Crippen LogP contribution is 2.35. The fraction of sp³-hybridized carbons (Fsp3) is 0.238. The summed E-state index contributed by atoms with van der Waals surface area (Å²) in [5.41, 5.74) is 1.93. The summed E-state index contributed by atoms with van der Waals surface area (Å²) in [6.45, 7) is 1.42. The largest absolute Gasteiger partial charge is 0.421 e. The summed E-state index contributed by atoms with van der Waals surface area (Å²) >= 11 is 0. The van der Waals surface area contributed by atoms with E-state index in [2.05, 4.69) is 30.9 Å². The summed E-state index contributed by atoms with van der Waals surface area (Å²) in [7, 11) is -3.88. The van der Waals surface area contributed by atoms with Gasteiger partial charge in [-0.05, 0) is 47.9 Å². The molecule has 1 aliphatic rings. The van der Waals surface area contributed by atoms with Crippen molar-refractivity contribution in [1.29, 1.82) is 0 Å². The minimum atomic E-state index is -4.74. The number of aryl methyl sites for hydroxylation is 1. The topological polar surface area (TPSA) is 152 Å². The molecule has 35 heavy (non-hydrogen) atoms. The molecule has 0 saturated heterocycles. The van der Waals surface area contributed by atoms with Gasteiger partial charge in [-0.15, -0.1) is 0 Å². The molecule has 1 aliphatic heterocycles. The lowest BCUT2D eigenvalue weighted by Crippen LogP contribution is -2.18. The molecule has 4 rings (SSSR count). The summed E-state index contributed by atoms with van der Waals surface area (Å²) in [5.74, 6) is -1.25. The van der Waals surface area contributed by atoms with E-state index in [1.807, 2.05) is 0 Å². The number of nitrogens with one attached hydrogen (secondary N) is 3. The van der Waals surface area contributed by atoms with Gasteiger partial charge in [0.25, 0.3) is 0 Å². The Hall–Kier alpha value is -3.78. The first-order valence-corrected chi connectivity index (χ1v) is 11.9. The van der Waals surface area contributed by atoms with Crippen LogP contribution in [0.4, 0.5) is 36.3 Å². The Balaban J connectivity index is 1.62. The van der Waals surface area contributed by atoms with Gasteiger partial charge in [-0.25, -0.2) is 18.5 Å². The number of hydrogen-bond donors (Lipinski definition) is 4. The fourth-order valence-corrected chi connectivity index (χ4v) is 4.34. The number of carbonyl (C=O) groups is 1. The predicted molar refractivity (Wildman–Crippen MR) is 122 cm³/mol. The third-order valence-corrected chi connectivity index (χ3v) is 5.95. The van der Waals surface area contributed by atoms with Crippen LogP contribution in [0.2, 0.25) is 0 Å². The standard InChI is InChI=1S/C21H20F3N7O3S/c1-11-15(12(4-5-26-11)10-35(25,33)34)8-27-19-16(21(22,23)24)9-28-20(31-19)29-14-2-3-17-13(6-14)7-18(32)30-17/h2-6,9H,7-8,10H2,1H3,(H,30,32)(H2,25,33,34)(H2,27,28,29,31). The van der Waals surface area contributed by atoms with E-state index < -0.39 is 33.3 Å². The molecule has 10 nitrogen and oxygen atoms in total. The number of carbonyl (C=O) groups excluding carboxylic acids is 1. The Morgan fingerprint density at radius 3 is 2.69 bits per heavy atom. The smallest absolute Gasteiger partial charge is 0.365 e. The van der Waals surface area contributed by atoms with Crippen molar-refractivity contribution in [2.45, 2.75) is 31.8 Å². The number of sulfonamides is 1. The Kier molecular flexibility index (Phi) is 6.34. The lowest BCUT2D eigenvalue weighted by atomic mass is 10.1. The summed E-state index contributed by atoms with van der Waals surface area (Å²) in [5, 5.41) is 13.3. The second-order valence-corrected chi connectivity index (χ2v) is 9.48. The van der Waals surface area contributed by atoms with Crippen LogP contribution >= 0.6 is 0 Å². The number of pyridine rings is 1. The zero-order valence-electron chi connectivity index (χ0n) is 18.3. The van der Waals surface area contributed by atoms with Gasteiger partial charge in [0.15, 0.2) is 0 Å². The molecule has 1 aromatic carbocycles. The van der Waals surface area contributed by atoms with E-state index in [1.165, 1.54) is 12.3 Å². The maximum absolute atomic E-state index is 13.6. The van der Waals surface area contributed by atoms with E-state index in [0.29, 0.717) is 34.4 Å². The Morgan fingerprint density at radius 1 is 1.20 bits per heavy atom. The molecular formula is C21H20F3N7O3S. The molecule has 0 radical (unpaired) electrons. The second-order valence-electron chi connectivity index (χ2n) is 7.87. The number of aromatic nitrogens is 3. The highest BCUT2D eigenvalue weighted by Gasteiger charge is 2.35. The van der Waals surface area contributed by atoms with Gasteiger partial charge >= 0.3 is 6.18 Å². The molecule has 14 heteroatoms. The Labute approximate surface area is 198 Å². The van der Waals surface area contributed by atoms with Gasteiger partial charge in [0.1, 0.15) is 11.4 Å². The first-order chi connectivity index (χ1) is 16.4. The summed E-state index contributed by atoms with van der Waals surface area (Å²) < 4.78 is 64.0. The SMILES string of the molecule is Cc1nccc(CS(N)(=O)=O)c1CNc1nc(Nc2ccc3c(c2)CC(=O)N3)ncc1C(F)(F)F. The third-order valence-electron chi connectivity index (χ3n) is 5.24. The van der Waals surface area contributed by atoms with Crippen LogP contribution in [0.5, 0.6) is 0 Å². The van der Waals surface area contributed by atoms with Crippen LogP contribution in [0.25, 0.3) is 0 Å². The lowest BCUT2D eigenvalue weighted by molar-refractivity contribution is -0.137. The zero-order valence-corrected chi connectivity index (χ0v) is 19.1. The molecule has 2 aromatic heterocycles. The van der Waals surface area contributed by atoms with Crippen molar-refractivity contribution in [3.05, 3.63) is 64.6 Å². The highest BCUT2D eigenvalue weighted by molar-refractivity contribution is 7.88. The summed E-state index contributed by atoms with van der Waals surface area (Å²) in [4.78, 5) is 23.4. The van der Waals surface area contributed by atoms with Crippen LogP contribution in [-0.2, 0) is 39.7 Å². The molecule has 0 fully saturated rings. The van der Waals surface area contributed by atoms with E-state index in [1.54, 1.807) is 25.1 Å². The van der Waals surface area contributed by atoms with Crippen LogP contribution in [-0.4, -0.2) is 29.3 Å². The number of nitrogens with two attached hydrogens (primary N) is 1. The number of hydrogen-bond acceptors (Lipinski definition) is 8. The first kappa shape index (κ1) is 24.3. The molecule has 0 saturated carbocycles. The molecule has 3 aromatic rings. The number of amides is 1. The van der Waals surface area contributed by atoms with Gasteiger partial charge < -0.3 is 16.0 Å². The van der Waals surface area contributed by atoms with Gasteiger partial charge in [0, 0.05) is 36.0 Å². The van der Waals surface area contributed by atoms with Crippen molar-refractivity contribution in [3.8, 4) is 0 Å². The number of anilines is 4. The average Bonchev–Trinajstić information content (AvgIpc) is 3.11. The second kappa shape index (κ2) is 9.11. The minimum absolute atomic E-state index is 0.106. The van der Waals surface area contributed by atoms with Crippen LogP contribution in [0, 0.1) is 6.92 Å². The third kappa shape index (κ3) is 5.84. The van der Waals surface area contributed by atoms with E-state index in [4.69, 9.17) is 5.14 Å². The van der Waals surface area contributed by atoms with Crippen molar-refractivity contribution in [2.24, 2.45) is 5.14 Å². The molecular weight excluding hydrogens is 487 g/mol. The van der Waals surface area contributed by atoms with Gasteiger partial charge in [-0.3, -0.25) is 9.78 Å². The molecule has 184 valence electrons. The number of primary sulfonamides is 1. The van der Waals surface area contributed by atoms with Crippen LogP contribution in [0.3, 0.4) is 0 Å². The number of fused-ring (bicyclic) bond motifs is 1. The highest BCUT2D eigenvalue weighted by atomic mass is 32.2. The van der Waals surface area contributed by atoms with Crippen LogP contribution < -0.4 is 21.1 Å². The minimum Gasteiger partial charge on any atom is -0.365 e. The molecule has 0 bridgehead atoms. The van der Waals surface area contributed by atoms with E-state index >= 15 is 0 Å². The number of rotatable bonds is 7. The molecule has 0 unspecified atom stereocenters. The lowest BCUT2D eigenvalue weighted by Gasteiger charge is -2.17. The van der Waals surface area contributed by atoms with Crippen molar-refractivity contribution in [1.82, 2.24) is 15.0 Å². The predicted octanol–water partition coefficient (Wildman–Crippen LogP) is 2.84. The first-order valence-electron chi connectivity index (χ1n) is 10.2.